The first-order chi connectivity index (χ1) is 12.2. The van der Waals surface area contributed by atoms with Crippen LogP contribution < -0.4 is 4.90 Å². The Hall–Kier alpha value is -2.31. The highest BCUT2D eigenvalue weighted by Crippen LogP contribution is 2.25. The van der Waals surface area contributed by atoms with E-state index in [-0.39, 0.29) is 23.9 Å². The summed E-state index contributed by atoms with van der Waals surface area (Å²) in [5.41, 5.74) is 0.694. The molecule has 1 saturated heterocycles. The normalized spacial score (nSPS) is 20.7. The first-order valence-electron chi connectivity index (χ1n) is 8.97. The standard InChI is InChI=1S/C19H29N3O4/c1-7-14-12-21(15-8-9-16(20-10-15)17(23)25-6)13(2)11-22(14)18(24)26-19(3,4)5/h8-10,13-14H,7,11-12H2,1-6H3/t13-,14-/m1/s1. The molecule has 0 N–H and O–H groups in total. The van der Waals surface area contributed by atoms with Crippen molar-refractivity contribution >= 4 is 17.7 Å². The van der Waals surface area contributed by atoms with Gasteiger partial charge in [-0.15, -0.1) is 0 Å². The third-order valence-electron chi connectivity index (χ3n) is 4.41. The van der Waals surface area contributed by atoms with Gasteiger partial charge >= 0.3 is 12.1 Å². The molecule has 0 aromatic carbocycles. The summed E-state index contributed by atoms with van der Waals surface area (Å²) in [5.74, 6) is -0.453. The fraction of sp³-hybridized carbons (Fsp3) is 0.632. The van der Waals surface area contributed by atoms with E-state index in [1.807, 2.05) is 31.7 Å². The summed E-state index contributed by atoms with van der Waals surface area (Å²) in [6, 6.07) is 3.69. The maximum absolute atomic E-state index is 12.5. The van der Waals surface area contributed by atoms with Gasteiger partial charge in [0, 0.05) is 19.1 Å². The molecular formula is C19H29N3O4. The number of hydrogen-bond acceptors (Lipinski definition) is 6. The number of methoxy groups -OCH3 is 1. The lowest BCUT2D eigenvalue weighted by atomic mass is 10.0. The molecule has 1 fully saturated rings. The van der Waals surface area contributed by atoms with E-state index in [4.69, 9.17) is 4.74 Å². The topological polar surface area (TPSA) is 72.0 Å². The number of pyridine rings is 1. The Morgan fingerprint density at radius 2 is 1.96 bits per heavy atom. The maximum Gasteiger partial charge on any atom is 0.410 e. The highest BCUT2D eigenvalue weighted by Gasteiger charge is 2.36. The van der Waals surface area contributed by atoms with Gasteiger partial charge in [0.1, 0.15) is 11.3 Å². The minimum atomic E-state index is -0.511. The van der Waals surface area contributed by atoms with Crippen molar-refractivity contribution in [1.82, 2.24) is 9.88 Å². The number of amides is 1. The van der Waals surface area contributed by atoms with E-state index in [0.717, 1.165) is 12.1 Å². The molecule has 26 heavy (non-hydrogen) atoms. The zero-order valence-electron chi connectivity index (χ0n) is 16.5. The van der Waals surface area contributed by atoms with Crippen molar-refractivity contribution < 1.29 is 19.1 Å². The number of anilines is 1. The Morgan fingerprint density at radius 1 is 1.27 bits per heavy atom. The highest BCUT2D eigenvalue weighted by atomic mass is 16.6. The molecular weight excluding hydrogens is 334 g/mol. The summed E-state index contributed by atoms with van der Waals surface area (Å²) < 4.78 is 10.2. The molecule has 0 spiro atoms. The molecule has 7 nitrogen and oxygen atoms in total. The van der Waals surface area contributed by atoms with E-state index >= 15 is 0 Å². The highest BCUT2D eigenvalue weighted by molar-refractivity contribution is 5.87. The first kappa shape index (κ1) is 20.0. The first-order valence-corrected chi connectivity index (χ1v) is 8.97. The molecule has 0 aliphatic carbocycles. The van der Waals surface area contributed by atoms with Gasteiger partial charge < -0.3 is 19.3 Å². The smallest absolute Gasteiger partial charge is 0.410 e. The molecule has 0 saturated carbocycles. The van der Waals surface area contributed by atoms with E-state index in [2.05, 4.69) is 28.5 Å². The molecule has 1 aromatic heterocycles. The fourth-order valence-electron chi connectivity index (χ4n) is 3.07. The Morgan fingerprint density at radius 3 is 2.46 bits per heavy atom. The number of rotatable bonds is 3. The van der Waals surface area contributed by atoms with Gasteiger partial charge in [-0.1, -0.05) is 6.92 Å². The number of piperazine rings is 1. The van der Waals surface area contributed by atoms with Crippen LogP contribution in [-0.4, -0.2) is 59.8 Å². The van der Waals surface area contributed by atoms with Crippen molar-refractivity contribution in [2.24, 2.45) is 0 Å². The van der Waals surface area contributed by atoms with Crippen molar-refractivity contribution in [3.63, 3.8) is 0 Å². The Bertz CT molecular complexity index is 639. The van der Waals surface area contributed by atoms with Gasteiger partial charge in [-0.2, -0.15) is 0 Å². The van der Waals surface area contributed by atoms with Crippen LogP contribution in [0, 0.1) is 0 Å². The summed E-state index contributed by atoms with van der Waals surface area (Å²) in [4.78, 5) is 32.3. The van der Waals surface area contributed by atoms with Gasteiger partial charge in [0.15, 0.2) is 0 Å². The van der Waals surface area contributed by atoms with Crippen LogP contribution in [0.15, 0.2) is 18.3 Å². The lowest BCUT2D eigenvalue weighted by molar-refractivity contribution is 0.0106. The van der Waals surface area contributed by atoms with Crippen LogP contribution in [0.4, 0.5) is 10.5 Å². The van der Waals surface area contributed by atoms with E-state index in [1.165, 1.54) is 7.11 Å². The van der Waals surface area contributed by atoms with Crippen molar-refractivity contribution in [2.45, 2.75) is 58.7 Å². The second-order valence-electron chi connectivity index (χ2n) is 7.59. The average molecular weight is 363 g/mol. The summed E-state index contributed by atoms with van der Waals surface area (Å²) >= 11 is 0. The Kier molecular flexibility index (Phi) is 6.10. The van der Waals surface area contributed by atoms with Crippen LogP contribution in [-0.2, 0) is 9.47 Å². The number of nitrogens with zero attached hydrogens (tertiary/aromatic N) is 3. The number of ether oxygens (including phenoxy) is 2. The molecule has 2 rings (SSSR count). The zero-order valence-corrected chi connectivity index (χ0v) is 16.5. The van der Waals surface area contributed by atoms with Crippen LogP contribution >= 0.6 is 0 Å². The van der Waals surface area contributed by atoms with Gasteiger partial charge in [0.05, 0.1) is 25.0 Å². The summed E-state index contributed by atoms with van der Waals surface area (Å²) in [6.45, 7) is 11.0. The number of esters is 1. The summed E-state index contributed by atoms with van der Waals surface area (Å²) in [5, 5.41) is 0. The van der Waals surface area contributed by atoms with Crippen molar-refractivity contribution in [3.8, 4) is 0 Å². The molecule has 0 radical (unpaired) electrons. The van der Waals surface area contributed by atoms with Crippen LogP contribution in [0.3, 0.4) is 0 Å². The number of aromatic nitrogens is 1. The molecule has 0 unspecified atom stereocenters. The summed E-state index contributed by atoms with van der Waals surface area (Å²) in [7, 11) is 1.34. The SMILES string of the molecule is CC[C@@H]1CN(c2ccc(C(=O)OC)nc2)[C@H](C)CN1C(=O)OC(C)(C)C. The third-order valence-corrected chi connectivity index (χ3v) is 4.41. The van der Waals surface area contributed by atoms with Crippen molar-refractivity contribution in [2.75, 3.05) is 25.1 Å². The number of carbonyl (C=O) groups excluding carboxylic acids is 2. The molecule has 1 aliphatic heterocycles. The minimum absolute atomic E-state index is 0.0568. The van der Waals surface area contributed by atoms with Crippen LogP contribution in [0.1, 0.15) is 51.5 Å². The third kappa shape index (κ3) is 4.65. The molecule has 1 amide bonds. The van der Waals surface area contributed by atoms with Gasteiger partial charge in [0.2, 0.25) is 0 Å². The molecule has 1 aliphatic rings. The number of hydrogen-bond donors (Lipinski definition) is 0. The lowest BCUT2D eigenvalue weighted by Crippen LogP contribution is -2.59. The van der Waals surface area contributed by atoms with Gasteiger partial charge in [-0.05, 0) is 46.2 Å². The van der Waals surface area contributed by atoms with Gasteiger partial charge in [-0.3, -0.25) is 0 Å². The molecule has 0 bridgehead atoms. The van der Waals surface area contributed by atoms with E-state index in [9.17, 15) is 9.59 Å². The zero-order chi connectivity index (χ0) is 19.5. The van der Waals surface area contributed by atoms with Crippen LogP contribution in [0.2, 0.25) is 0 Å². The van der Waals surface area contributed by atoms with Crippen molar-refractivity contribution in [3.05, 3.63) is 24.0 Å². The predicted octanol–water partition coefficient (Wildman–Crippen LogP) is 3.09. The predicted molar refractivity (Wildman–Crippen MR) is 99.4 cm³/mol. The fourth-order valence-corrected chi connectivity index (χ4v) is 3.07. The molecule has 2 atom stereocenters. The second-order valence-corrected chi connectivity index (χ2v) is 7.59. The average Bonchev–Trinajstić information content (AvgIpc) is 2.59. The monoisotopic (exact) mass is 363 g/mol. The maximum atomic E-state index is 12.5. The molecule has 1 aromatic rings. The Balaban J connectivity index is 2.14. The van der Waals surface area contributed by atoms with Gasteiger partial charge in [-0.25, -0.2) is 14.6 Å². The lowest BCUT2D eigenvalue weighted by Gasteiger charge is -2.46. The van der Waals surface area contributed by atoms with Gasteiger partial charge in [0.25, 0.3) is 0 Å². The Labute approximate surface area is 155 Å². The largest absolute Gasteiger partial charge is 0.464 e. The summed E-state index contributed by atoms with van der Waals surface area (Å²) in [6.07, 6.45) is 2.24. The van der Waals surface area contributed by atoms with E-state index < -0.39 is 11.6 Å². The number of carbonyl (C=O) groups is 2. The van der Waals surface area contributed by atoms with E-state index in [0.29, 0.717) is 13.1 Å². The minimum Gasteiger partial charge on any atom is -0.464 e. The molecule has 144 valence electrons. The van der Waals surface area contributed by atoms with Crippen molar-refractivity contribution in [1.29, 1.82) is 0 Å². The molecule has 2 heterocycles. The quantitative estimate of drug-likeness (QED) is 0.769. The molecule has 7 heteroatoms. The van der Waals surface area contributed by atoms with Crippen LogP contribution in [0.5, 0.6) is 0 Å². The van der Waals surface area contributed by atoms with E-state index in [1.54, 1.807) is 12.3 Å². The second kappa shape index (κ2) is 7.93. The van der Waals surface area contributed by atoms with Crippen LogP contribution in [0.25, 0.3) is 0 Å².